The first kappa shape index (κ1) is 20.9. The van der Waals surface area contributed by atoms with Crippen molar-refractivity contribution in [2.24, 2.45) is 16.8 Å². The van der Waals surface area contributed by atoms with Crippen LogP contribution in [0.4, 0.5) is 0 Å². The fraction of sp³-hybridized carbons (Fsp3) is 0.611. The van der Waals surface area contributed by atoms with Crippen LogP contribution in [-0.4, -0.2) is 43.2 Å². The molecule has 0 radical (unpaired) electrons. The molecule has 2 rings (SSSR count). The highest BCUT2D eigenvalue weighted by molar-refractivity contribution is 14.0. The molecule has 1 fully saturated rings. The fourth-order valence-corrected chi connectivity index (χ4v) is 3.22. The number of guanidine groups is 1. The number of benzene rings is 1. The molecule has 136 valence electrons. The summed E-state index contributed by atoms with van der Waals surface area (Å²) in [7, 11) is 3.44. The predicted octanol–water partition coefficient (Wildman–Crippen LogP) is 3.46. The molecule has 0 bridgehead atoms. The third kappa shape index (κ3) is 5.72. The van der Waals surface area contributed by atoms with Crippen LogP contribution in [0, 0.1) is 11.8 Å². The number of aromatic hydroxyl groups is 1. The molecule has 0 amide bonds. The molecular weight excluding hydrogens is 417 g/mol. The first-order valence-corrected chi connectivity index (χ1v) is 8.35. The van der Waals surface area contributed by atoms with Gasteiger partial charge in [-0.25, -0.2) is 0 Å². The van der Waals surface area contributed by atoms with Crippen molar-refractivity contribution < 1.29 is 9.84 Å². The van der Waals surface area contributed by atoms with E-state index >= 15 is 0 Å². The summed E-state index contributed by atoms with van der Waals surface area (Å²) in [6, 6.07) is 5.26. The van der Waals surface area contributed by atoms with E-state index in [0.717, 1.165) is 42.2 Å². The van der Waals surface area contributed by atoms with Gasteiger partial charge in [0.05, 0.1) is 7.11 Å². The van der Waals surface area contributed by atoms with Gasteiger partial charge in [0.1, 0.15) is 11.5 Å². The van der Waals surface area contributed by atoms with Crippen LogP contribution >= 0.6 is 24.0 Å². The minimum Gasteiger partial charge on any atom is -0.508 e. The molecule has 1 heterocycles. The van der Waals surface area contributed by atoms with E-state index in [1.54, 1.807) is 19.2 Å². The minimum absolute atomic E-state index is 0. The monoisotopic (exact) mass is 447 g/mol. The highest BCUT2D eigenvalue weighted by Crippen LogP contribution is 2.24. The van der Waals surface area contributed by atoms with Gasteiger partial charge in [-0.1, -0.05) is 13.8 Å². The van der Waals surface area contributed by atoms with Crippen LogP contribution in [0.25, 0.3) is 0 Å². The molecule has 5 nitrogen and oxygen atoms in total. The van der Waals surface area contributed by atoms with Crippen LogP contribution in [0.3, 0.4) is 0 Å². The number of likely N-dealkylation sites (tertiary alicyclic amines) is 1. The van der Waals surface area contributed by atoms with Gasteiger partial charge in [-0.2, -0.15) is 0 Å². The number of nitrogens with one attached hydrogen (secondary N) is 1. The zero-order valence-corrected chi connectivity index (χ0v) is 17.4. The van der Waals surface area contributed by atoms with Crippen LogP contribution in [0.15, 0.2) is 23.2 Å². The van der Waals surface area contributed by atoms with Crippen molar-refractivity contribution in [3.63, 3.8) is 0 Å². The van der Waals surface area contributed by atoms with Crippen LogP contribution < -0.4 is 10.1 Å². The van der Waals surface area contributed by atoms with Crippen LogP contribution in [0.1, 0.15) is 32.3 Å². The first-order valence-electron chi connectivity index (χ1n) is 8.35. The van der Waals surface area contributed by atoms with Gasteiger partial charge in [0.2, 0.25) is 0 Å². The summed E-state index contributed by atoms with van der Waals surface area (Å²) in [6.45, 7) is 7.19. The molecule has 1 aliphatic heterocycles. The molecule has 0 saturated carbocycles. The lowest BCUT2D eigenvalue weighted by atomic mass is 9.97. The molecular formula is C18H30IN3O2. The minimum atomic E-state index is 0. The summed E-state index contributed by atoms with van der Waals surface area (Å²) in [5.74, 6) is 3.40. The number of rotatable bonds is 5. The molecule has 0 spiro atoms. The SMILES string of the molecule is CN=C(NCc1cc(OC)ccc1O)N1CCC(CC(C)C)C1.I. The highest BCUT2D eigenvalue weighted by atomic mass is 127. The van der Waals surface area contributed by atoms with Gasteiger partial charge in [0.25, 0.3) is 0 Å². The Morgan fingerprint density at radius 3 is 2.83 bits per heavy atom. The van der Waals surface area contributed by atoms with Gasteiger partial charge in [-0.3, -0.25) is 4.99 Å². The number of aliphatic imine (C=N–C) groups is 1. The van der Waals surface area contributed by atoms with E-state index in [-0.39, 0.29) is 29.7 Å². The number of hydrogen-bond donors (Lipinski definition) is 2. The molecule has 1 atom stereocenters. The van der Waals surface area contributed by atoms with Crippen molar-refractivity contribution >= 4 is 29.9 Å². The maximum atomic E-state index is 9.97. The summed E-state index contributed by atoms with van der Waals surface area (Å²) in [6.07, 6.45) is 2.49. The maximum absolute atomic E-state index is 9.97. The Hall–Kier alpha value is -1.18. The first-order chi connectivity index (χ1) is 11.0. The number of ether oxygens (including phenoxy) is 1. The predicted molar refractivity (Wildman–Crippen MR) is 109 cm³/mol. The van der Waals surface area contributed by atoms with E-state index in [4.69, 9.17) is 4.74 Å². The molecule has 0 aromatic heterocycles. The van der Waals surface area contributed by atoms with E-state index in [9.17, 15) is 5.11 Å². The quantitative estimate of drug-likeness (QED) is 0.413. The largest absolute Gasteiger partial charge is 0.508 e. The Morgan fingerprint density at radius 1 is 1.46 bits per heavy atom. The standard InChI is InChI=1S/C18H29N3O2.HI/c1-13(2)9-14-7-8-21(12-14)18(19-3)20-11-15-10-16(23-4)5-6-17(15)22;/h5-6,10,13-14,22H,7-9,11-12H2,1-4H3,(H,19,20);1H. The van der Waals surface area contributed by atoms with Crippen molar-refractivity contribution in [1.29, 1.82) is 0 Å². The van der Waals surface area contributed by atoms with Gasteiger partial charge in [0.15, 0.2) is 5.96 Å². The lowest BCUT2D eigenvalue weighted by molar-refractivity contribution is 0.402. The second kappa shape index (κ2) is 9.96. The second-order valence-electron chi connectivity index (χ2n) is 6.63. The van der Waals surface area contributed by atoms with Crippen LogP contribution in [-0.2, 0) is 6.54 Å². The number of hydrogen-bond acceptors (Lipinski definition) is 3. The zero-order valence-electron chi connectivity index (χ0n) is 15.1. The maximum Gasteiger partial charge on any atom is 0.193 e. The number of phenolic OH excluding ortho intramolecular Hbond substituents is 1. The summed E-state index contributed by atoms with van der Waals surface area (Å²) in [5, 5.41) is 13.3. The molecule has 0 aliphatic carbocycles. The second-order valence-corrected chi connectivity index (χ2v) is 6.63. The molecule has 1 saturated heterocycles. The Kier molecular flexibility index (Phi) is 8.66. The Balaban J connectivity index is 0.00000288. The summed E-state index contributed by atoms with van der Waals surface area (Å²) < 4.78 is 5.21. The van der Waals surface area contributed by atoms with Crippen molar-refractivity contribution in [3.05, 3.63) is 23.8 Å². The third-order valence-electron chi connectivity index (χ3n) is 4.33. The smallest absolute Gasteiger partial charge is 0.193 e. The molecule has 1 aromatic carbocycles. The number of nitrogens with zero attached hydrogens (tertiary/aromatic N) is 2. The molecule has 24 heavy (non-hydrogen) atoms. The molecule has 1 unspecified atom stereocenters. The van der Waals surface area contributed by atoms with Gasteiger partial charge in [-0.05, 0) is 42.9 Å². The molecule has 6 heteroatoms. The topological polar surface area (TPSA) is 57.1 Å². The van der Waals surface area contributed by atoms with Crippen LogP contribution in [0.2, 0.25) is 0 Å². The van der Waals surface area contributed by atoms with Gasteiger partial charge in [-0.15, -0.1) is 24.0 Å². The Bertz CT molecular complexity index is 549. The van der Waals surface area contributed by atoms with E-state index in [1.807, 2.05) is 13.1 Å². The van der Waals surface area contributed by atoms with Gasteiger partial charge in [0, 0.05) is 32.2 Å². The van der Waals surface area contributed by atoms with Crippen molar-refractivity contribution in [1.82, 2.24) is 10.2 Å². The van der Waals surface area contributed by atoms with Crippen molar-refractivity contribution in [3.8, 4) is 11.5 Å². The van der Waals surface area contributed by atoms with Gasteiger partial charge >= 0.3 is 0 Å². The Morgan fingerprint density at radius 2 is 2.21 bits per heavy atom. The summed E-state index contributed by atoms with van der Waals surface area (Å²) >= 11 is 0. The molecule has 1 aliphatic rings. The zero-order chi connectivity index (χ0) is 16.8. The lowest BCUT2D eigenvalue weighted by Crippen LogP contribution is -2.39. The average Bonchev–Trinajstić information content (AvgIpc) is 2.97. The summed E-state index contributed by atoms with van der Waals surface area (Å²) in [4.78, 5) is 6.70. The number of halogens is 1. The highest BCUT2D eigenvalue weighted by Gasteiger charge is 2.25. The normalized spacial score (nSPS) is 17.8. The third-order valence-corrected chi connectivity index (χ3v) is 4.33. The number of phenols is 1. The van der Waals surface area contributed by atoms with Crippen LogP contribution in [0.5, 0.6) is 11.5 Å². The van der Waals surface area contributed by atoms with E-state index in [0.29, 0.717) is 6.54 Å². The Labute approximate surface area is 162 Å². The summed E-state index contributed by atoms with van der Waals surface area (Å²) in [5.41, 5.74) is 0.809. The van der Waals surface area contributed by atoms with Crippen molar-refractivity contribution in [2.75, 3.05) is 27.2 Å². The molecule has 2 N–H and O–H groups in total. The number of methoxy groups -OCH3 is 1. The average molecular weight is 447 g/mol. The van der Waals surface area contributed by atoms with E-state index < -0.39 is 0 Å². The van der Waals surface area contributed by atoms with E-state index in [2.05, 4.69) is 29.1 Å². The molecule has 1 aromatic rings. The van der Waals surface area contributed by atoms with Crippen molar-refractivity contribution in [2.45, 2.75) is 33.2 Å². The fourth-order valence-electron chi connectivity index (χ4n) is 3.22. The van der Waals surface area contributed by atoms with E-state index in [1.165, 1.54) is 12.8 Å². The van der Waals surface area contributed by atoms with Gasteiger partial charge < -0.3 is 20.1 Å². The lowest BCUT2D eigenvalue weighted by Gasteiger charge is -2.22.